The van der Waals surface area contributed by atoms with Crippen molar-refractivity contribution in [1.29, 1.82) is 0 Å². The van der Waals surface area contributed by atoms with Gasteiger partial charge in [-0.25, -0.2) is 13.6 Å². The van der Waals surface area contributed by atoms with Crippen molar-refractivity contribution in [3.05, 3.63) is 23.3 Å². The zero-order valence-electron chi connectivity index (χ0n) is 14.5. The molecule has 0 radical (unpaired) electrons. The number of ether oxygens (including phenoxy) is 3. The minimum Gasteiger partial charge on any atom is -0.493 e. The lowest BCUT2D eigenvalue weighted by Gasteiger charge is -2.26. The van der Waals surface area contributed by atoms with Crippen LogP contribution in [0.5, 0.6) is 11.5 Å². The molecule has 1 heterocycles. The van der Waals surface area contributed by atoms with Crippen molar-refractivity contribution >= 4 is 23.2 Å². The van der Waals surface area contributed by atoms with Crippen molar-refractivity contribution in [1.82, 2.24) is 4.90 Å². The van der Waals surface area contributed by atoms with Gasteiger partial charge in [-0.3, -0.25) is 0 Å². The highest BCUT2D eigenvalue weighted by Gasteiger charge is 2.50. The number of thiocarbonyl (C=S) groups is 1. The Kier molecular flexibility index (Phi) is 5.83. The zero-order valence-corrected chi connectivity index (χ0v) is 15.3. The molecule has 1 atom stereocenters. The van der Waals surface area contributed by atoms with E-state index < -0.39 is 48.4 Å². The fourth-order valence-corrected chi connectivity index (χ4v) is 3.15. The van der Waals surface area contributed by atoms with Crippen LogP contribution < -0.4 is 9.47 Å². The molecule has 0 bridgehead atoms. The van der Waals surface area contributed by atoms with Gasteiger partial charge in [-0.05, 0) is 12.1 Å². The maximum Gasteiger partial charge on any atom is 0.420 e. The van der Waals surface area contributed by atoms with Crippen molar-refractivity contribution in [3.8, 4) is 11.5 Å². The molecule has 0 N–H and O–H groups in total. The molecule has 0 saturated carbocycles. The highest BCUT2D eigenvalue weighted by atomic mass is 32.1. The summed E-state index contributed by atoms with van der Waals surface area (Å²) in [6, 6.07) is 0.412. The molecule has 0 amide bonds. The topological polar surface area (TPSA) is 48.0 Å². The first kappa shape index (κ1) is 21.1. The lowest BCUT2D eigenvalue weighted by Crippen LogP contribution is -2.41. The van der Waals surface area contributed by atoms with Gasteiger partial charge < -0.3 is 19.1 Å². The van der Waals surface area contributed by atoms with Gasteiger partial charge in [0.25, 0.3) is 5.92 Å². The highest BCUT2D eigenvalue weighted by Crippen LogP contribution is 2.43. The minimum atomic E-state index is -4.80. The third-order valence-electron chi connectivity index (χ3n) is 4.04. The van der Waals surface area contributed by atoms with E-state index in [1.54, 1.807) is 0 Å². The second-order valence-corrected chi connectivity index (χ2v) is 6.18. The first-order valence-corrected chi connectivity index (χ1v) is 7.96. The standard InChI is InChI=1S/C16H16F5NO4S/c1-24-11-5-8(4-9(12(11)25-2)16(19,20)21)13(27)22-7-15(17,18)6-10(22)14(23)26-3/h4-5,10H,6-7H2,1-3H3. The first-order valence-electron chi connectivity index (χ1n) is 7.55. The summed E-state index contributed by atoms with van der Waals surface area (Å²) >= 11 is 5.12. The molecule has 1 aliphatic heterocycles. The molecule has 1 fully saturated rings. The molecule has 5 nitrogen and oxygen atoms in total. The number of esters is 1. The van der Waals surface area contributed by atoms with Crippen molar-refractivity contribution in [2.24, 2.45) is 0 Å². The Morgan fingerprint density at radius 1 is 1.22 bits per heavy atom. The molecule has 27 heavy (non-hydrogen) atoms. The van der Waals surface area contributed by atoms with E-state index >= 15 is 0 Å². The Morgan fingerprint density at radius 2 is 1.85 bits per heavy atom. The van der Waals surface area contributed by atoms with Gasteiger partial charge in [-0.2, -0.15) is 13.2 Å². The Morgan fingerprint density at radius 3 is 2.33 bits per heavy atom. The lowest BCUT2D eigenvalue weighted by atomic mass is 10.1. The Bertz CT molecular complexity index is 753. The summed E-state index contributed by atoms with van der Waals surface area (Å²) in [5.41, 5.74) is -1.39. The van der Waals surface area contributed by atoms with E-state index in [0.29, 0.717) is 6.07 Å². The number of methoxy groups -OCH3 is 3. The van der Waals surface area contributed by atoms with Crippen LogP contribution in [-0.2, 0) is 15.7 Å². The molecule has 1 aromatic carbocycles. The van der Waals surface area contributed by atoms with Gasteiger partial charge in [-0.1, -0.05) is 12.2 Å². The summed E-state index contributed by atoms with van der Waals surface area (Å²) in [6.45, 7) is -0.915. The monoisotopic (exact) mass is 413 g/mol. The molecule has 0 aliphatic carbocycles. The van der Waals surface area contributed by atoms with E-state index in [9.17, 15) is 26.7 Å². The number of rotatable bonds is 4. The van der Waals surface area contributed by atoms with E-state index in [1.165, 1.54) is 0 Å². The molecule has 1 saturated heterocycles. The quantitative estimate of drug-likeness (QED) is 0.429. The molecule has 0 aromatic heterocycles. The van der Waals surface area contributed by atoms with Crippen LogP contribution in [0.15, 0.2) is 12.1 Å². The van der Waals surface area contributed by atoms with Gasteiger partial charge in [0, 0.05) is 12.0 Å². The maximum absolute atomic E-state index is 13.8. The number of hydrogen-bond acceptors (Lipinski definition) is 5. The number of halogens is 5. The van der Waals surface area contributed by atoms with Crippen LogP contribution in [0.25, 0.3) is 0 Å². The normalized spacial score (nSPS) is 19.0. The van der Waals surface area contributed by atoms with Crippen molar-refractivity contribution in [2.45, 2.75) is 24.6 Å². The van der Waals surface area contributed by atoms with Crippen LogP contribution in [0.3, 0.4) is 0 Å². The summed E-state index contributed by atoms with van der Waals surface area (Å²) in [4.78, 5) is 12.3. The maximum atomic E-state index is 13.8. The number of carbonyl (C=O) groups is 1. The van der Waals surface area contributed by atoms with Gasteiger partial charge in [0.05, 0.1) is 27.9 Å². The van der Waals surface area contributed by atoms with Gasteiger partial charge >= 0.3 is 12.1 Å². The van der Waals surface area contributed by atoms with Crippen LogP contribution in [0.1, 0.15) is 17.5 Å². The molecule has 0 spiro atoms. The van der Waals surface area contributed by atoms with Gasteiger partial charge in [0.1, 0.15) is 16.6 Å². The van der Waals surface area contributed by atoms with E-state index in [0.717, 1.165) is 32.3 Å². The fourth-order valence-electron chi connectivity index (χ4n) is 2.84. The number of nitrogens with zero attached hydrogens (tertiary/aromatic N) is 1. The summed E-state index contributed by atoms with van der Waals surface area (Å²) in [6.07, 6.45) is -5.65. The van der Waals surface area contributed by atoms with Crippen LogP contribution >= 0.6 is 12.2 Å². The zero-order chi connectivity index (χ0) is 20.6. The molecule has 1 aliphatic rings. The predicted octanol–water partition coefficient (Wildman–Crippen LogP) is 3.28. The molecule has 150 valence electrons. The number of carbonyl (C=O) groups excluding carboxylic acids is 1. The second kappa shape index (κ2) is 7.45. The third kappa shape index (κ3) is 4.23. The number of alkyl halides is 5. The summed E-state index contributed by atoms with van der Waals surface area (Å²) in [5.74, 6) is -5.03. The Balaban J connectivity index is 2.53. The van der Waals surface area contributed by atoms with Crippen LogP contribution in [0, 0.1) is 0 Å². The highest BCUT2D eigenvalue weighted by molar-refractivity contribution is 7.80. The average molecular weight is 413 g/mol. The van der Waals surface area contributed by atoms with Gasteiger partial charge in [0.15, 0.2) is 11.5 Å². The molecule has 11 heteroatoms. The average Bonchev–Trinajstić information content (AvgIpc) is 2.93. The molecular formula is C16H16F5NO4S. The summed E-state index contributed by atoms with van der Waals surface area (Å²) < 4.78 is 81.9. The molecular weight excluding hydrogens is 397 g/mol. The SMILES string of the molecule is COC(=O)C1CC(F)(F)CN1C(=S)c1cc(OC)c(OC)c(C(F)(F)F)c1. The molecule has 2 rings (SSSR count). The minimum absolute atomic E-state index is 0.207. The molecule has 1 aromatic rings. The Hall–Kier alpha value is -2.17. The number of likely N-dealkylation sites (tertiary alicyclic amines) is 1. The van der Waals surface area contributed by atoms with E-state index in [2.05, 4.69) is 4.74 Å². The van der Waals surface area contributed by atoms with Crippen molar-refractivity contribution < 1.29 is 41.0 Å². The third-order valence-corrected chi connectivity index (χ3v) is 4.51. The molecule has 1 unspecified atom stereocenters. The van der Waals surface area contributed by atoms with E-state index in [4.69, 9.17) is 21.7 Å². The van der Waals surface area contributed by atoms with Crippen LogP contribution in [-0.4, -0.2) is 55.7 Å². The van der Waals surface area contributed by atoms with Gasteiger partial charge in [0.2, 0.25) is 0 Å². The number of hydrogen-bond donors (Lipinski definition) is 0. The van der Waals surface area contributed by atoms with E-state index in [1.807, 2.05) is 0 Å². The van der Waals surface area contributed by atoms with Crippen LogP contribution in [0.4, 0.5) is 22.0 Å². The van der Waals surface area contributed by atoms with E-state index in [-0.39, 0.29) is 16.3 Å². The smallest absolute Gasteiger partial charge is 0.420 e. The van der Waals surface area contributed by atoms with Crippen LogP contribution in [0.2, 0.25) is 0 Å². The van der Waals surface area contributed by atoms with Crippen molar-refractivity contribution in [2.75, 3.05) is 27.9 Å². The van der Waals surface area contributed by atoms with Gasteiger partial charge in [-0.15, -0.1) is 0 Å². The summed E-state index contributed by atoms with van der Waals surface area (Å²) in [5, 5.41) is 0. The first-order chi connectivity index (χ1) is 12.4. The number of benzene rings is 1. The summed E-state index contributed by atoms with van der Waals surface area (Å²) in [7, 11) is 3.20. The Labute approximate surface area is 157 Å². The second-order valence-electron chi connectivity index (χ2n) is 5.79. The van der Waals surface area contributed by atoms with Crippen molar-refractivity contribution in [3.63, 3.8) is 0 Å². The lowest BCUT2D eigenvalue weighted by molar-refractivity contribution is -0.145. The fraction of sp³-hybridized carbons (Fsp3) is 0.500. The largest absolute Gasteiger partial charge is 0.493 e. The predicted molar refractivity (Wildman–Crippen MR) is 88.3 cm³/mol.